The second-order valence-electron chi connectivity index (χ2n) is 4.40. The van der Waals surface area contributed by atoms with Crippen molar-refractivity contribution in [3.63, 3.8) is 0 Å². The van der Waals surface area contributed by atoms with Gasteiger partial charge in [0.2, 0.25) is 0 Å². The van der Waals surface area contributed by atoms with Gasteiger partial charge in [0, 0.05) is 16.0 Å². The minimum absolute atomic E-state index is 0.109. The first-order valence-electron chi connectivity index (χ1n) is 5.48. The van der Waals surface area contributed by atoms with Gasteiger partial charge >= 0.3 is 0 Å². The van der Waals surface area contributed by atoms with Crippen LogP contribution in [0.3, 0.4) is 0 Å². The van der Waals surface area contributed by atoms with Crippen molar-refractivity contribution in [2.45, 2.75) is 19.4 Å². The number of nitrogens with zero attached hydrogens (tertiary/aromatic N) is 1. The molecule has 0 spiro atoms. The van der Waals surface area contributed by atoms with Gasteiger partial charge in [0.25, 0.3) is 5.91 Å². The molecule has 0 aliphatic carbocycles. The zero-order chi connectivity index (χ0) is 13.2. The van der Waals surface area contributed by atoms with E-state index in [1.165, 1.54) is 11.3 Å². The van der Waals surface area contributed by atoms with Gasteiger partial charge in [-0.05, 0) is 41.9 Å². The Labute approximate surface area is 118 Å². The summed E-state index contributed by atoms with van der Waals surface area (Å²) in [6.45, 7) is 3.89. The van der Waals surface area contributed by atoms with Crippen LogP contribution in [0.1, 0.15) is 29.2 Å². The van der Waals surface area contributed by atoms with E-state index in [1.807, 2.05) is 37.4 Å². The first kappa shape index (κ1) is 13.2. The molecule has 94 valence electrons. The second kappa shape index (κ2) is 5.20. The van der Waals surface area contributed by atoms with Crippen LogP contribution in [0.5, 0.6) is 0 Å². The van der Waals surface area contributed by atoms with Crippen molar-refractivity contribution in [3.05, 3.63) is 50.9 Å². The van der Waals surface area contributed by atoms with E-state index < -0.39 is 5.54 Å². The third kappa shape index (κ3) is 2.79. The van der Waals surface area contributed by atoms with Crippen LogP contribution in [0, 0.1) is 0 Å². The third-order valence-corrected chi connectivity index (χ3v) is 4.30. The maximum Gasteiger partial charge on any atom is 0.253 e. The molecule has 1 amide bonds. The fraction of sp³-hybridized carbons (Fsp3) is 0.231. The van der Waals surface area contributed by atoms with Gasteiger partial charge in [-0.2, -0.15) is 0 Å². The lowest BCUT2D eigenvalue weighted by molar-refractivity contribution is 0.0911. The van der Waals surface area contributed by atoms with Crippen molar-refractivity contribution < 1.29 is 4.79 Å². The highest BCUT2D eigenvalue weighted by Crippen LogP contribution is 2.23. The number of aromatic nitrogens is 1. The summed E-state index contributed by atoms with van der Waals surface area (Å²) in [4.78, 5) is 16.5. The summed E-state index contributed by atoms with van der Waals surface area (Å²) in [5, 5.41) is 5.79. The van der Waals surface area contributed by atoms with E-state index in [2.05, 4.69) is 26.2 Å². The van der Waals surface area contributed by atoms with Gasteiger partial charge in [-0.15, -0.1) is 11.3 Å². The van der Waals surface area contributed by atoms with Gasteiger partial charge in [-0.3, -0.25) is 4.79 Å². The number of hydrogen-bond donors (Lipinski definition) is 1. The van der Waals surface area contributed by atoms with Gasteiger partial charge in [0.15, 0.2) is 0 Å². The Bertz CT molecular complexity index is 552. The highest BCUT2D eigenvalue weighted by Gasteiger charge is 2.26. The number of carbonyl (C=O) groups excluding carboxylic acids is 1. The van der Waals surface area contributed by atoms with Crippen LogP contribution < -0.4 is 5.32 Å². The molecule has 0 fully saturated rings. The Hall–Kier alpha value is -1.20. The average molecular weight is 325 g/mol. The molecule has 5 heteroatoms. The Kier molecular flexibility index (Phi) is 3.82. The largest absolute Gasteiger partial charge is 0.341 e. The zero-order valence-corrected chi connectivity index (χ0v) is 12.5. The Balaban J connectivity index is 2.20. The molecule has 0 aliphatic rings. The molecule has 0 bridgehead atoms. The molecule has 0 atom stereocenters. The molecule has 2 rings (SSSR count). The second-order valence-corrected chi connectivity index (χ2v) is 6.15. The molecule has 0 saturated carbocycles. The summed E-state index contributed by atoms with van der Waals surface area (Å²) in [5.41, 5.74) is 0.155. The quantitative estimate of drug-likeness (QED) is 0.937. The summed E-state index contributed by atoms with van der Waals surface area (Å²) < 4.78 is 0.789. The van der Waals surface area contributed by atoms with Crippen molar-refractivity contribution in [1.29, 1.82) is 0 Å². The van der Waals surface area contributed by atoms with Gasteiger partial charge < -0.3 is 5.32 Å². The lowest BCUT2D eigenvalue weighted by Gasteiger charge is -2.24. The van der Waals surface area contributed by atoms with Crippen LogP contribution in [-0.4, -0.2) is 10.9 Å². The summed E-state index contributed by atoms with van der Waals surface area (Å²) in [7, 11) is 0. The van der Waals surface area contributed by atoms with Crippen molar-refractivity contribution in [2.75, 3.05) is 0 Å². The first-order chi connectivity index (χ1) is 8.50. The van der Waals surface area contributed by atoms with E-state index in [9.17, 15) is 4.79 Å². The maximum absolute atomic E-state index is 12.2. The third-order valence-electron chi connectivity index (χ3n) is 2.51. The number of benzene rings is 1. The number of carbonyl (C=O) groups is 1. The predicted octanol–water partition coefficient (Wildman–Crippen LogP) is 3.57. The van der Waals surface area contributed by atoms with Crippen LogP contribution in [-0.2, 0) is 5.54 Å². The number of rotatable bonds is 3. The summed E-state index contributed by atoms with van der Waals surface area (Å²) >= 11 is 4.91. The number of halogens is 1. The Morgan fingerprint density at radius 3 is 2.72 bits per heavy atom. The van der Waals surface area contributed by atoms with E-state index in [4.69, 9.17) is 0 Å². The molecule has 0 aliphatic heterocycles. The smallest absolute Gasteiger partial charge is 0.253 e. The molecule has 0 unspecified atom stereocenters. The SMILES string of the molecule is CC(C)(NC(=O)c1ccccc1Br)c1nccs1. The van der Waals surface area contributed by atoms with Crippen molar-refractivity contribution in [1.82, 2.24) is 10.3 Å². The van der Waals surface area contributed by atoms with Crippen molar-refractivity contribution in [2.24, 2.45) is 0 Å². The van der Waals surface area contributed by atoms with Gasteiger partial charge in [-0.25, -0.2) is 4.98 Å². The minimum Gasteiger partial charge on any atom is -0.341 e. The van der Waals surface area contributed by atoms with E-state index in [1.54, 1.807) is 12.3 Å². The molecule has 1 aromatic carbocycles. The number of hydrogen-bond acceptors (Lipinski definition) is 3. The van der Waals surface area contributed by atoms with Crippen LogP contribution >= 0.6 is 27.3 Å². The Morgan fingerprint density at radius 1 is 1.39 bits per heavy atom. The van der Waals surface area contributed by atoms with E-state index in [-0.39, 0.29) is 5.91 Å². The highest BCUT2D eigenvalue weighted by atomic mass is 79.9. The normalized spacial score (nSPS) is 11.3. The lowest BCUT2D eigenvalue weighted by atomic mass is 10.1. The van der Waals surface area contributed by atoms with Gasteiger partial charge in [-0.1, -0.05) is 12.1 Å². The molecule has 0 radical (unpaired) electrons. The average Bonchev–Trinajstić information content (AvgIpc) is 2.82. The number of amides is 1. The Morgan fingerprint density at radius 2 is 2.11 bits per heavy atom. The predicted molar refractivity (Wildman–Crippen MR) is 76.7 cm³/mol. The maximum atomic E-state index is 12.2. The number of thiazole rings is 1. The summed E-state index contributed by atoms with van der Waals surface area (Å²) in [6.07, 6.45) is 1.74. The van der Waals surface area contributed by atoms with Crippen molar-refractivity contribution >= 4 is 33.2 Å². The van der Waals surface area contributed by atoms with Crippen molar-refractivity contribution in [3.8, 4) is 0 Å². The molecular formula is C13H13BrN2OS. The fourth-order valence-electron chi connectivity index (χ4n) is 1.58. The number of nitrogens with one attached hydrogen (secondary N) is 1. The molecule has 1 heterocycles. The lowest BCUT2D eigenvalue weighted by Crippen LogP contribution is -2.41. The van der Waals surface area contributed by atoms with E-state index in [0.717, 1.165) is 9.48 Å². The molecule has 3 nitrogen and oxygen atoms in total. The summed E-state index contributed by atoms with van der Waals surface area (Å²) in [5.74, 6) is -0.109. The topological polar surface area (TPSA) is 42.0 Å². The van der Waals surface area contributed by atoms with E-state index in [0.29, 0.717) is 5.56 Å². The van der Waals surface area contributed by atoms with Gasteiger partial charge in [0.05, 0.1) is 11.1 Å². The standard InChI is InChI=1S/C13H13BrN2OS/c1-13(2,12-15-7-8-18-12)16-11(17)9-5-3-4-6-10(9)14/h3-8H,1-2H3,(H,16,17). The molecule has 1 aromatic heterocycles. The highest BCUT2D eigenvalue weighted by molar-refractivity contribution is 9.10. The van der Waals surface area contributed by atoms with Crippen LogP contribution in [0.4, 0.5) is 0 Å². The van der Waals surface area contributed by atoms with Crippen LogP contribution in [0.15, 0.2) is 40.3 Å². The van der Waals surface area contributed by atoms with E-state index >= 15 is 0 Å². The molecule has 1 N–H and O–H groups in total. The fourth-order valence-corrected chi connectivity index (χ4v) is 2.76. The minimum atomic E-state index is -0.472. The van der Waals surface area contributed by atoms with Crippen LogP contribution in [0.25, 0.3) is 0 Å². The van der Waals surface area contributed by atoms with Crippen LogP contribution in [0.2, 0.25) is 0 Å². The molecule has 0 saturated heterocycles. The zero-order valence-electron chi connectivity index (χ0n) is 10.1. The first-order valence-corrected chi connectivity index (χ1v) is 7.15. The monoisotopic (exact) mass is 324 g/mol. The summed E-state index contributed by atoms with van der Waals surface area (Å²) in [6, 6.07) is 7.37. The van der Waals surface area contributed by atoms with Gasteiger partial charge in [0.1, 0.15) is 5.01 Å². The molecular weight excluding hydrogens is 312 g/mol. The molecule has 18 heavy (non-hydrogen) atoms. The molecule has 2 aromatic rings.